The summed E-state index contributed by atoms with van der Waals surface area (Å²) >= 11 is 0. The number of carbonyl (C=O) groups is 1. The topological polar surface area (TPSA) is 93.7 Å². The largest absolute Gasteiger partial charge is 0.495 e. The number of methoxy groups -OCH3 is 1. The van der Waals surface area contributed by atoms with Gasteiger partial charge < -0.3 is 9.47 Å². The van der Waals surface area contributed by atoms with Gasteiger partial charge in [0.1, 0.15) is 16.4 Å². The Morgan fingerprint density at radius 1 is 1.00 bits per heavy atom. The third kappa shape index (κ3) is 4.85. The third-order valence-corrected chi connectivity index (χ3v) is 5.59. The Bertz CT molecular complexity index is 1140. The van der Waals surface area contributed by atoms with Crippen LogP contribution in [0.4, 0.5) is 0 Å². The molecule has 2 N–H and O–H groups in total. The fraction of sp³-hybridized carbons (Fsp3) is 0.190. The Kier molecular flexibility index (Phi) is 6.05. The molecule has 0 aliphatic heterocycles. The minimum atomic E-state index is -4.02. The van der Waals surface area contributed by atoms with Gasteiger partial charge in [-0.25, -0.2) is 8.42 Å². The summed E-state index contributed by atoms with van der Waals surface area (Å²) in [6, 6.07) is 18.0. The second-order valence-corrected chi connectivity index (χ2v) is 8.17. The van der Waals surface area contributed by atoms with Crippen LogP contribution in [-0.4, -0.2) is 27.5 Å². The average Bonchev–Trinajstić information content (AvgIpc) is 2.72. The molecule has 0 aliphatic rings. The monoisotopic (exact) mass is 414 g/mol. The van der Waals surface area contributed by atoms with E-state index in [2.05, 4.69) is 10.3 Å². The lowest BCUT2D eigenvalue weighted by molar-refractivity contribution is -0.127. The van der Waals surface area contributed by atoms with Crippen LogP contribution < -0.4 is 19.7 Å². The predicted octanol–water partition coefficient (Wildman–Crippen LogP) is 2.93. The molecule has 1 atom stereocenters. The van der Waals surface area contributed by atoms with E-state index in [1.54, 1.807) is 25.1 Å². The van der Waals surface area contributed by atoms with Crippen molar-refractivity contribution in [3.05, 3.63) is 66.2 Å². The standard InChI is InChI=1S/C21H22N2O5S/c1-14-8-11-19(27-3)20(12-14)29(25,26)23-22-21(24)15(2)28-18-10-9-16-6-4-5-7-17(16)13-18/h4-13,15,23H,1-3H3,(H,22,24)/t15-/m1/s1. The van der Waals surface area contributed by atoms with Gasteiger partial charge in [0.2, 0.25) is 0 Å². The Hall–Kier alpha value is -3.10. The molecule has 0 spiro atoms. The first kappa shape index (κ1) is 20.6. The Balaban J connectivity index is 1.67. The molecule has 152 valence electrons. The first-order valence-corrected chi connectivity index (χ1v) is 10.4. The van der Waals surface area contributed by atoms with E-state index in [-0.39, 0.29) is 10.6 Å². The summed E-state index contributed by atoms with van der Waals surface area (Å²) in [5.41, 5.74) is 2.93. The number of ether oxygens (including phenoxy) is 2. The van der Waals surface area contributed by atoms with E-state index < -0.39 is 22.0 Å². The van der Waals surface area contributed by atoms with Crippen molar-refractivity contribution in [3.63, 3.8) is 0 Å². The van der Waals surface area contributed by atoms with Crippen LogP contribution in [0.2, 0.25) is 0 Å². The average molecular weight is 414 g/mol. The predicted molar refractivity (Wildman–Crippen MR) is 110 cm³/mol. The molecule has 1 amide bonds. The number of hydrogen-bond donors (Lipinski definition) is 2. The zero-order valence-electron chi connectivity index (χ0n) is 16.3. The molecule has 29 heavy (non-hydrogen) atoms. The number of hydrogen-bond acceptors (Lipinski definition) is 5. The van der Waals surface area contributed by atoms with Crippen molar-refractivity contribution in [3.8, 4) is 11.5 Å². The molecule has 0 fully saturated rings. The lowest BCUT2D eigenvalue weighted by atomic mass is 10.1. The molecule has 0 bridgehead atoms. The molecule has 0 aromatic heterocycles. The van der Waals surface area contributed by atoms with Crippen LogP contribution in [0.25, 0.3) is 10.8 Å². The van der Waals surface area contributed by atoms with Gasteiger partial charge in [0.25, 0.3) is 15.9 Å². The number of benzene rings is 3. The van der Waals surface area contributed by atoms with E-state index in [4.69, 9.17) is 9.47 Å². The smallest absolute Gasteiger partial charge is 0.275 e. The molecule has 8 heteroatoms. The minimum absolute atomic E-state index is 0.0663. The zero-order chi connectivity index (χ0) is 21.0. The lowest BCUT2D eigenvalue weighted by Gasteiger charge is -2.16. The second kappa shape index (κ2) is 8.50. The maximum Gasteiger partial charge on any atom is 0.275 e. The third-order valence-electron chi connectivity index (χ3n) is 4.32. The molecule has 3 rings (SSSR count). The van der Waals surface area contributed by atoms with Crippen LogP contribution in [-0.2, 0) is 14.8 Å². The summed E-state index contributed by atoms with van der Waals surface area (Å²) < 4.78 is 35.8. The van der Waals surface area contributed by atoms with Gasteiger partial charge in [0.15, 0.2) is 6.10 Å². The summed E-state index contributed by atoms with van der Waals surface area (Å²) in [5.74, 6) is 0.0562. The van der Waals surface area contributed by atoms with Crippen LogP contribution in [0.15, 0.2) is 65.6 Å². The number of nitrogens with one attached hydrogen (secondary N) is 2. The lowest BCUT2D eigenvalue weighted by Crippen LogP contribution is -2.47. The van der Waals surface area contributed by atoms with Crippen molar-refractivity contribution in [1.82, 2.24) is 10.3 Å². The van der Waals surface area contributed by atoms with E-state index >= 15 is 0 Å². The van der Waals surface area contributed by atoms with Crippen molar-refractivity contribution in [2.24, 2.45) is 0 Å². The number of aryl methyl sites for hydroxylation is 1. The molecular formula is C21H22N2O5S. The fourth-order valence-corrected chi connectivity index (χ4v) is 3.87. The maximum absolute atomic E-state index is 12.5. The summed E-state index contributed by atoms with van der Waals surface area (Å²) in [6.45, 7) is 3.29. The first-order valence-electron chi connectivity index (χ1n) is 8.92. The van der Waals surface area contributed by atoms with Gasteiger partial charge in [0.05, 0.1) is 7.11 Å². The Labute approximate surface area is 169 Å². The number of rotatable bonds is 7. The van der Waals surface area contributed by atoms with Gasteiger partial charge in [-0.3, -0.25) is 10.2 Å². The Morgan fingerprint density at radius 3 is 2.45 bits per heavy atom. The van der Waals surface area contributed by atoms with Crippen LogP contribution in [0, 0.1) is 6.92 Å². The number of hydrazine groups is 1. The van der Waals surface area contributed by atoms with Gasteiger partial charge in [0, 0.05) is 0 Å². The van der Waals surface area contributed by atoms with Crippen LogP contribution in [0.3, 0.4) is 0 Å². The van der Waals surface area contributed by atoms with E-state index in [1.165, 1.54) is 20.1 Å². The molecule has 3 aromatic carbocycles. The van der Waals surface area contributed by atoms with Crippen molar-refractivity contribution in [1.29, 1.82) is 0 Å². The second-order valence-electron chi connectivity index (χ2n) is 6.52. The molecule has 0 aliphatic carbocycles. The van der Waals surface area contributed by atoms with Gasteiger partial charge in [-0.1, -0.05) is 36.4 Å². The summed E-state index contributed by atoms with van der Waals surface area (Å²) in [6.07, 6.45) is -0.918. The molecular weight excluding hydrogens is 392 g/mol. The SMILES string of the molecule is COc1ccc(C)cc1S(=O)(=O)NNC(=O)[C@@H](C)Oc1ccc2ccccc2c1. The highest BCUT2D eigenvalue weighted by molar-refractivity contribution is 7.89. The quantitative estimate of drug-likeness (QED) is 0.580. The highest BCUT2D eigenvalue weighted by atomic mass is 32.2. The summed E-state index contributed by atoms with van der Waals surface area (Å²) in [7, 11) is -2.64. The van der Waals surface area contributed by atoms with E-state index in [1.807, 2.05) is 36.4 Å². The molecule has 7 nitrogen and oxygen atoms in total. The molecule has 3 aromatic rings. The number of amides is 1. The van der Waals surface area contributed by atoms with E-state index in [9.17, 15) is 13.2 Å². The first-order chi connectivity index (χ1) is 13.8. The van der Waals surface area contributed by atoms with E-state index in [0.717, 1.165) is 16.3 Å². The van der Waals surface area contributed by atoms with Crippen molar-refractivity contribution in [2.75, 3.05) is 7.11 Å². The van der Waals surface area contributed by atoms with Crippen LogP contribution in [0.1, 0.15) is 12.5 Å². The number of sulfonamides is 1. The van der Waals surface area contributed by atoms with Gasteiger partial charge >= 0.3 is 0 Å². The molecule has 0 unspecified atom stereocenters. The van der Waals surface area contributed by atoms with Crippen LogP contribution in [0.5, 0.6) is 11.5 Å². The molecule has 0 heterocycles. The normalized spacial score (nSPS) is 12.4. The maximum atomic E-state index is 12.5. The van der Waals surface area contributed by atoms with Crippen molar-refractivity contribution in [2.45, 2.75) is 24.8 Å². The van der Waals surface area contributed by atoms with Crippen molar-refractivity contribution >= 4 is 26.7 Å². The summed E-state index contributed by atoms with van der Waals surface area (Å²) in [5, 5.41) is 2.03. The Morgan fingerprint density at radius 2 is 1.72 bits per heavy atom. The van der Waals surface area contributed by atoms with Gasteiger partial charge in [-0.15, -0.1) is 4.83 Å². The summed E-state index contributed by atoms with van der Waals surface area (Å²) in [4.78, 5) is 14.3. The van der Waals surface area contributed by atoms with Crippen LogP contribution >= 0.6 is 0 Å². The highest BCUT2D eigenvalue weighted by Gasteiger charge is 2.22. The van der Waals surface area contributed by atoms with E-state index in [0.29, 0.717) is 5.75 Å². The highest BCUT2D eigenvalue weighted by Crippen LogP contribution is 2.24. The fourth-order valence-electron chi connectivity index (χ4n) is 2.77. The number of fused-ring (bicyclic) bond motifs is 1. The molecule has 0 saturated carbocycles. The molecule has 0 radical (unpaired) electrons. The number of carbonyl (C=O) groups excluding carboxylic acids is 1. The van der Waals surface area contributed by atoms with Crippen molar-refractivity contribution < 1.29 is 22.7 Å². The zero-order valence-corrected chi connectivity index (χ0v) is 17.1. The molecule has 0 saturated heterocycles. The minimum Gasteiger partial charge on any atom is -0.495 e. The van der Waals surface area contributed by atoms with Gasteiger partial charge in [-0.2, -0.15) is 0 Å². The van der Waals surface area contributed by atoms with Gasteiger partial charge in [-0.05, 0) is 54.4 Å².